The fourth-order valence-electron chi connectivity index (χ4n) is 3.56. The third-order valence-corrected chi connectivity index (χ3v) is 5.53. The number of aromatic nitrogens is 2. The minimum atomic E-state index is -3.28. The first-order chi connectivity index (χ1) is 16.9. The van der Waals surface area contributed by atoms with Crippen LogP contribution < -0.4 is 19.5 Å². The van der Waals surface area contributed by atoms with Gasteiger partial charge in [0.1, 0.15) is 17.2 Å². The lowest BCUT2D eigenvalue weighted by Gasteiger charge is -2.16. The van der Waals surface area contributed by atoms with Crippen molar-refractivity contribution in [2.45, 2.75) is 19.3 Å². The summed E-state index contributed by atoms with van der Waals surface area (Å²) in [5.74, 6) is 1.30. The second kappa shape index (κ2) is 10.7. The van der Waals surface area contributed by atoms with Crippen molar-refractivity contribution in [1.82, 2.24) is 10.2 Å². The molecule has 1 unspecified atom stereocenters. The molecule has 182 valence electrons. The predicted molar refractivity (Wildman–Crippen MR) is 128 cm³/mol. The van der Waals surface area contributed by atoms with Gasteiger partial charge in [0.25, 0.3) is 6.36 Å². The summed E-state index contributed by atoms with van der Waals surface area (Å²) >= 11 is 6.10. The van der Waals surface area contributed by atoms with Gasteiger partial charge in [-0.05, 0) is 48.0 Å². The SMILES string of the molecule is COc1ccc(CNc2cnnc3cc(-c4cc(Cl)ccc4OC(F)C(F)F)ccc23)c(OC)c1. The van der Waals surface area contributed by atoms with E-state index in [2.05, 4.69) is 15.5 Å². The zero-order valence-corrected chi connectivity index (χ0v) is 19.5. The van der Waals surface area contributed by atoms with Crippen molar-refractivity contribution >= 4 is 28.2 Å². The highest BCUT2D eigenvalue weighted by Gasteiger charge is 2.22. The van der Waals surface area contributed by atoms with Gasteiger partial charge in [0, 0.05) is 34.1 Å². The van der Waals surface area contributed by atoms with Crippen LogP contribution in [0.25, 0.3) is 22.0 Å². The maximum absolute atomic E-state index is 13.6. The molecule has 1 heterocycles. The second-order valence-corrected chi connectivity index (χ2v) is 7.90. The van der Waals surface area contributed by atoms with E-state index < -0.39 is 12.8 Å². The molecule has 0 fully saturated rings. The monoisotopic (exact) mass is 503 g/mol. The Labute approximate surface area is 204 Å². The van der Waals surface area contributed by atoms with E-state index in [0.29, 0.717) is 39.7 Å². The minimum Gasteiger partial charge on any atom is -0.497 e. The highest BCUT2D eigenvalue weighted by atomic mass is 35.5. The number of anilines is 1. The second-order valence-electron chi connectivity index (χ2n) is 7.47. The molecule has 1 aromatic heterocycles. The number of halogens is 4. The first-order valence-electron chi connectivity index (χ1n) is 10.5. The average molecular weight is 504 g/mol. The van der Waals surface area contributed by atoms with Crippen LogP contribution in [0.5, 0.6) is 17.2 Å². The first-order valence-corrected chi connectivity index (χ1v) is 10.9. The van der Waals surface area contributed by atoms with Crippen molar-refractivity contribution < 1.29 is 27.4 Å². The van der Waals surface area contributed by atoms with Crippen molar-refractivity contribution in [3.05, 3.63) is 71.4 Å². The first kappa shape index (κ1) is 24.4. The maximum Gasteiger partial charge on any atom is 0.304 e. The van der Waals surface area contributed by atoms with E-state index in [1.165, 1.54) is 18.2 Å². The van der Waals surface area contributed by atoms with Crippen LogP contribution in [0.4, 0.5) is 18.9 Å². The Morgan fingerprint density at radius 2 is 1.77 bits per heavy atom. The van der Waals surface area contributed by atoms with Crippen LogP contribution in [0.3, 0.4) is 0 Å². The smallest absolute Gasteiger partial charge is 0.304 e. The molecule has 0 aliphatic carbocycles. The molecule has 35 heavy (non-hydrogen) atoms. The normalized spacial score (nSPS) is 12.0. The molecule has 0 radical (unpaired) electrons. The van der Waals surface area contributed by atoms with Crippen molar-refractivity contribution in [1.29, 1.82) is 0 Å². The molecule has 0 amide bonds. The lowest BCUT2D eigenvalue weighted by atomic mass is 10.0. The summed E-state index contributed by atoms with van der Waals surface area (Å²) < 4.78 is 54.5. The van der Waals surface area contributed by atoms with Crippen molar-refractivity contribution in [2.24, 2.45) is 0 Å². The van der Waals surface area contributed by atoms with Crippen LogP contribution in [0.2, 0.25) is 5.02 Å². The largest absolute Gasteiger partial charge is 0.497 e. The predicted octanol–water partition coefficient (Wildman–Crippen LogP) is 6.52. The summed E-state index contributed by atoms with van der Waals surface area (Å²) in [6.07, 6.45) is -4.44. The van der Waals surface area contributed by atoms with Gasteiger partial charge in [0.2, 0.25) is 0 Å². The number of alkyl halides is 3. The fourth-order valence-corrected chi connectivity index (χ4v) is 3.73. The number of nitrogens with one attached hydrogen (secondary N) is 1. The Morgan fingerprint density at radius 3 is 2.51 bits per heavy atom. The quantitative estimate of drug-likeness (QED) is 0.280. The van der Waals surface area contributed by atoms with E-state index in [-0.39, 0.29) is 5.75 Å². The molecule has 1 atom stereocenters. The molecule has 0 spiro atoms. The number of rotatable bonds is 9. The van der Waals surface area contributed by atoms with Crippen LogP contribution in [0.15, 0.2) is 60.8 Å². The van der Waals surface area contributed by atoms with Gasteiger partial charge < -0.3 is 19.5 Å². The third-order valence-electron chi connectivity index (χ3n) is 5.29. The zero-order valence-electron chi connectivity index (χ0n) is 18.8. The summed E-state index contributed by atoms with van der Waals surface area (Å²) in [7, 11) is 3.17. The van der Waals surface area contributed by atoms with E-state index in [1.54, 1.807) is 44.7 Å². The molecule has 0 saturated heterocycles. The molecule has 6 nitrogen and oxygen atoms in total. The van der Waals surface area contributed by atoms with E-state index in [4.69, 9.17) is 25.8 Å². The number of methoxy groups -OCH3 is 2. The van der Waals surface area contributed by atoms with Crippen molar-refractivity contribution in [3.63, 3.8) is 0 Å². The molecule has 10 heteroatoms. The number of nitrogens with zero attached hydrogens (tertiary/aromatic N) is 2. The highest BCUT2D eigenvalue weighted by Crippen LogP contribution is 2.36. The van der Waals surface area contributed by atoms with E-state index in [9.17, 15) is 13.2 Å². The van der Waals surface area contributed by atoms with Crippen molar-refractivity contribution in [2.75, 3.05) is 19.5 Å². The number of benzene rings is 3. The summed E-state index contributed by atoms with van der Waals surface area (Å²) in [4.78, 5) is 0. The number of fused-ring (bicyclic) bond motifs is 1. The van der Waals surface area contributed by atoms with Crippen LogP contribution in [-0.4, -0.2) is 37.2 Å². The van der Waals surface area contributed by atoms with E-state index in [0.717, 1.165) is 16.6 Å². The molecular formula is C25H21ClF3N3O3. The van der Waals surface area contributed by atoms with Crippen LogP contribution in [0, 0.1) is 0 Å². The van der Waals surface area contributed by atoms with Crippen LogP contribution >= 0.6 is 11.6 Å². The van der Waals surface area contributed by atoms with Gasteiger partial charge in [0.15, 0.2) is 0 Å². The minimum absolute atomic E-state index is 0.0598. The average Bonchev–Trinajstić information content (AvgIpc) is 2.87. The molecule has 0 aliphatic heterocycles. The highest BCUT2D eigenvalue weighted by molar-refractivity contribution is 6.31. The van der Waals surface area contributed by atoms with Gasteiger partial charge in [-0.1, -0.05) is 17.7 Å². The summed E-state index contributed by atoms with van der Waals surface area (Å²) in [6.45, 7) is 0.452. The number of ether oxygens (including phenoxy) is 3. The Hall–Kier alpha value is -3.72. The van der Waals surface area contributed by atoms with Gasteiger partial charge in [-0.15, -0.1) is 0 Å². The molecule has 3 aromatic carbocycles. The van der Waals surface area contributed by atoms with E-state index in [1.807, 2.05) is 12.1 Å². The molecule has 4 rings (SSSR count). The Bertz CT molecular complexity index is 1340. The lowest BCUT2D eigenvalue weighted by molar-refractivity contribution is -0.0666. The Balaban J connectivity index is 1.64. The molecule has 0 bridgehead atoms. The molecule has 0 aliphatic rings. The van der Waals surface area contributed by atoms with Gasteiger partial charge >= 0.3 is 6.43 Å². The molecular weight excluding hydrogens is 483 g/mol. The van der Waals surface area contributed by atoms with Gasteiger partial charge in [0.05, 0.1) is 31.6 Å². The summed E-state index contributed by atoms with van der Waals surface area (Å²) in [5, 5.41) is 12.7. The van der Waals surface area contributed by atoms with Crippen LogP contribution in [-0.2, 0) is 6.54 Å². The number of hydrogen-bond acceptors (Lipinski definition) is 6. The lowest BCUT2D eigenvalue weighted by Crippen LogP contribution is -2.19. The van der Waals surface area contributed by atoms with Gasteiger partial charge in [-0.2, -0.15) is 14.6 Å². The molecule has 4 aromatic rings. The zero-order chi connectivity index (χ0) is 24.9. The van der Waals surface area contributed by atoms with Gasteiger partial charge in [-0.3, -0.25) is 0 Å². The number of hydrogen-bond donors (Lipinski definition) is 1. The van der Waals surface area contributed by atoms with E-state index >= 15 is 0 Å². The summed E-state index contributed by atoms with van der Waals surface area (Å²) in [6, 6.07) is 15.1. The topological polar surface area (TPSA) is 65.5 Å². The maximum atomic E-state index is 13.6. The standard InChI is InChI=1S/C25H21ClF3N3O3/c1-33-17-6-3-15(23(11-17)34-2)12-30-21-13-31-32-20-9-14(4-7-18(20)21)19-10-16(26)5-8-22(19)35-25(29)24(27)28/h3-11,13,24-25H,12H2,1-2H3,(H,30,32). The third kappa shape index (κ3) is 5.51. The van der Waals surface area contributed by atoms with Gasteiger partial charge in [-0.25, -0.2) is 8.78 Å². The summed E-state index contributed by atoms with van der Waals surface area (Å²) in [5.41, 5.74) is 3.08. The molecule has 1 N–H and O–H groups in total. The Morgan fingerprint density at radius 1 is 0.943 bits per heavy atom. The fraction of sp³-hybridized carbons (Fsp3) is 0.200. The molecule has 0 saturated carbocycles. The van der Waals surface area contributed by atoms with Crippen LogP contribution in [0.1, 0.15) is 5.56 Å². The van der Waals surface area contributed by atoms with Crippen molar-refractivity contribution in [3.8, 4) is 28.4 Å². The Kier molecular flexibility index (Phi) is 7.45.